The molecule has 12 heavy (non-hydrogen) atoms. The predicted molar refractivity (Wildman–Crippen MR) is 46.9 cm³/mol. The van der Waals surface area contributed by atoms with Crippen molar-refractivity contribution >= 4 is 0 Å². The molecule has 0 aliphatic carbocycles. The van der Waals surface area contributed by atoms with Gasteiger partial charge in [0.15, 0.2) is 0 Å². The fourth-order valence-electron chi connectivity index (χ4n) is 1.02. The van der Waals surface area contributed by atoms with Crippen molar-refractivity contribution in [1.29, 1.82) is 5.26 Å². The minimum absolute atomic E-state index is 0.107. The second-order valence-corrected chi connectivity index (χ2v) is 2.90. The van der Waals surface area contributed by atoms with E-state index in [0.717, 1.165) is 11.1 Å². The fraction of sp³-hybridized carbons (Fsp3) is 0.300. The van der Waals surface area contributed by atoms with Crippen LogP contribution in [0.1, 0.15) is 24.0 Å². The van der Waals surface area contributed by atoms with E-state index in [1.54, 1.807) is 12.1 Å². The summed E-state index contributed by atoms with van der Waals surface area (Å²) in [5, 5.41) is 17.9. The van der Waals surface area contributed by atoms with Crippen molar-refractivity contribution in [2.24, 2.45) is 0 Å². The van der Waals surface area contributed by atoms with Gasteiger partial charge in [0, 0.05) is 0 Å². The summed E-state index contributed by atoms with van der Waals surface area (Å²) in [5.74, 6) is 0.174. The van der Waals surface area contributed by atoms with Gasteiger partial charge in [-0.05, 0) is 31.0 Å². The molecular formula is C10H11NO. The maximum atomic E-state index is 9.22. The number of benzene rings is 1. The van der Waals surface area contributed by atoms with Crippen molar-refractivity contribution in [2.75, 3.05) is 0 Å². The van der Waals surface area contributed by atoms with Crippen molar-refractivity contribution < 1.29 is 5.11 Å². The molecule has 1 atom stereocenters. The molecule has 0 aliphatic heterocycles. The molecule has 0 radical (unpaired) electrons. The molecule has 0 heterocycles. The number of nitriles is 1. The molecule has 0 aliphatic rings. The third kappa shape index (κ3) is 1.57. The predicted octanol–water partition coefficient (Wildman–Crippen LogP) is 2.33. The largest absolute Gasteiger partial charge is 0.508 e. The Morgan fingerprint density at radius 1 is 1.50 bits per heavy atom. The first-order chi connectivity index (χ1) is 5.65. The molecule has 1 rings (SSSR count). The first-order valence-corrected chi connectivity index (χ1v) is 3.84. The number of nitrogens with zero attached hydrogens (tertiary/aromatic N) is 1. The molecule has 1 aromatic carbocycles. The van der Waals surface area contributed by atoms with E-state index >= 15 is 0 Å². The number of phenols is 1. The van der Waals surface area contributed by atoms with Crippen molar-refractivity contribution in [3.05, 3.63) is 29.3 Å². The van der Waals surface area contributed by atoms with E-state index in [-0.39, 0.29) is 11.7 Å². The van der Waals surface area contributed by atoms with Gasteiger partial charge < -0.3 is 5.11 Å². The van der Waals surface area contributed by atoms with Crippen LogP contribution in [0.25, 0.3) is 0 Å². The van der Waals surface area contributed by atoms with Crippen LogP contribution in [0.4, 0.5) is 0 Å². The van der Waals surface area contributed by atoms with Crippen molar-refractivity contribution in [1.82, 2.24) is 0 Å². The molecule has 2 heteroatoms. The van der Waals surface area contributed by atoms with E-state index in [0.29, 0.717) is 0 Å². The SMILES string of the molecule is Cc1cc(C(C)C#N)ccc1O. The number of hydrogen-bond donors (Lipinski definition) is 1. The Balaban J connectivity index is 3.06. The summed E-state index contributed by atoms with van der Waals surface area (Å²) >= 11 is 0. The molecule has 62 valence electrons. The Morgan fingerprint density at radius 3 is 2.67 bits per heavy atom. The molecule has 0 amide bonds. The Bertz CT molecular complexity index is 325. The topological polar surface area (TPSA) is 44.0 Å². The minimum atomic E-state index is -0.107. The van der Waals surface area contributed by atoms with Crippen LogP contribution < -0.4 is 0 Å². The van der Waals surface area contributed by atoms with Gasteiger partial charge in [-0.15, -0.1) is 0 Å². The highest BCUT2D eigenvalue weighted by molar-refractivity contribution is 5.37. The van der Waals surface area contributed by atoms with Crippen molar-refractivity contribution in [3.63, 3.8) is 0 Å². The molecule has 0 aromatic heterocycles. The highest BCUT2D eigenvalue weighted by Crippen LogP contribution is 2.21. The number of hydrogen-bond acceptors (Lipinski definition) is 2. The van der Waals surface area contributed by atoms with Crippen LogP contribution in [0, 0.1) is 18.3 Å². The Labute approximate surface area is 72.1 Å². The Hall–Kier alpha value is -1.49. The quantitative estimate of drug-likeness (QED) is 0.687. The maximum Gasteiger partial charge on any atom is 0.118 e. The lowest BCUT2D eigenvalue weighted by atomic mass is 10.0. The summed E-state index contributed by atoms with van der Waals surface area (Å²) in [4.78, 5) is 0. The third-order valence-electron chi connectivity index (χ3n) is 1.91. The van der Waals surface area contributed by atoms with Gasteiger partial charge >= 0.3 is 0 Å². The highest BCUT2D eigenvalue weighted by Gasteiger charge is 2.04. The number of phenolic OH excluding ortho intramolecular Hbond substituents is 1. The second kappa shape index (κ2) is 3.27. The van der Waals surface area contributed by atoms with Gasteiger partial charge in [-0.1, -0.05) is 12.1 Å². The first-order valence-electron chi connectivity index (χ1n) is 3.84. The molecular weight excluding hydrogens is 150 g/mol. The zero-order valence-corrected chi connectivity index (χ0v) is 7.20. The summed E-state index contributed by atoms with van der Waals surface area (Å²) in [5.41, 5.74) is 1.77. The molecule has 0 fully saturated rings. The van der Waals surface area contributed by atoms with Crippen LogP contribution in [0.5, 0.6) is 5.75 Å². The van der Waals surface area contributed by atoms with E-state index in [1.165, 1.54) is 0 Å². The zero-order chi connectivity index (χ0) is 9.14. The van der Waals surface area contributed by atoms with E-state index < -0.39 is 0 Å². The van der Waals surface area contributed by atoms with Gasteiger partial charge in [0.25, 0.3) is 0 Å². The minimum Gasteiger partial charge on any atom is -0.508 e. The van der Waals surface area contributed by atoms with E-state index in [2.05, 4.69) is 6.07 Å². The average molecular weight is 161 g/mol. The standard InChI is InChI=1S/C10H11NO/c1-7-5-9(8(2)6-11)3-4-10(7)12/h3-5,8,12H,1-2H3. The molecule has 2 nitrogen and oxygen atoms in total. The molecule has 1 unspecified atom stereocenters. The number of aryl methyl sites for hydroxylation is 1. The number of aromatic hydroxyl groups is 1. The van der Waals surface area contributed by atoms with E-state index in [4.69, 9.17) is 5.26 Å². The van der Waals surface area contributed by atoms with Gasteiger partial charge in [-0.25, -0.2) is 0 Å². The molecule has 1 aromatic rings. The second-order valence-electron chi connectivity index (χ2n) is 2.90. The van der Waals surface area contributed by atoms with Crippen LogP contribution in [0.3, 0.4) is 0 Å². The summed E-state index contributed by atoms with van der Waals surface area (Å²) < 4.78 is 0. The smallest absolute Gasteiger partial charge is 0.118 e. The lowest BCUT2D eigenvalue weighted by Gasteiger charge is -2.04. The Kier molecular flexibility index (Phi) is 2.35. The monoisotopic (exact) mass is 161 g/mol. The zero-order valence-electron chi connectivity index (χ0n) is 7.20. The lowest BCUT2D eigenvalue weighted by molar-refractivity contribution is 0.471. The third-order valence-corrected chi connectivity index (χ3v) is 1.91. The average Bonchev–Trinajstić information content (AvgIpc) is 2.08. The van der Waals surface area contributed by atoms with Gasteiger partial charge in [-0.3, -0.25) is 0 Å². The number of rotatable bonds is 1. The van der Waals surface area contributed by atoms with Gasteiger partial charge in [0.05, 0.1) is 12.0 Å². The van der Waals surface area contributed by atoms with Crippen LogP contribution in [-0.2, 0) is 0 Å². The van der Waals surface area contributed by atoms with Crippen LogP contribution in [0.15, 0.2) is 18.2 Å². The van der Waals surface area contributed by atoms with E-state index in [1.807, 2.05) is 19.9 Å². The molecule has 1 N–H and O–H groups in total. The lowest BCUT2D eigenvalue weighted by Crippen LogP contribution is -1.89. The van der Waals surface area contributed by atoms with E-state index in [9.17, 15) is 5.11 Å². The van der Waals surface area contributed by atoms with Gasteiger partial charge in [0.1, 0.15) is 5.75 Å². The van der Waals surface area contributed by atoms with Crippen molar-refractivity contribution in [2.45, 2.75) is 19.8 Å². The molecule has 0 spiro atoms. The van der Waals surface area contributed by atoms with Crippen molar-refractivity contribution in [3.8, 4) is 11.8 Å². The fourth-order valence-corrected chi connectivity index (χ4v) is 1.02. The molecule has 0 bridgehead atoms. The molecule has 0 saturated heterocycles. The first kappa shape index (κ1) is 8.61. The molecule has 0 saturated carbocycles. The Morgan fingerprint density at radius 2 is 2.17 bits per heavy atom. The van der Waals surface area contributed by atoms with Gasteiger partial charge in [0.2, 0.25) is 0 Å². The summed E-state index contributed by atoms with van der Waals surface area (Å²) in [6, 6.07) is 7.38. The van der Waals surface area contributed by atoms with Crippen LogP contribution in [0.2, 0.25) is 0 Å². The van der Waals surface area contributed by atoms with Gasteiger partial charge in [-0.2, -0.15) is 5.26 Å². The summed E-state index contributed by atoms with van der Waals surface area (Å²) in [7, 11) is 0. The summed E-state index contributed by atoms with van der Waals surface area (Å²) in [6.07, 6.45) is 0. The maximum absolute atomic E-state index is 9.22. The highest BCUT2D eigenvalue weighted by atomic mass is 16.3. The normalized spacial score (nSPS) is 12.1. The summed E-state index contributed by atoms with van der Waals surface area (Å²) in [6.45, 7) is 3.66. The van der Waals surface area contributed by atoms with Crippen LogP contribution in [-0.4, -0.2) is 5.11 Å². The van der Waals surface area contributed by atoms with Crippen LogP contribution >= 0.6 is 0 Å².